The normalized spacial score (nSPS) is 9.46. The number of fused-ring (bicyclic) bond motifs is 1. The number of nitrogens with zero attached hydrogens (tertiary/aromatic N) is 1. The van der Waals surface area contributed by atoms with Crippen LogP contribution in [-0.4, -0.2) is 10.8 Å². The van der Waals surface area contributed by atoms with E-state index in [-0.39, 0.29) is 0 Å². The zero-order valence-corrected chi connectivity index (χ0v) is 9.51. The lowest BCUT2D eigenvalue weighted by molar-refractivity contribution is -0.667. The Morgan fingerprint density at radius 2 is 2.00 bits per heavy atom. The summed E-state index contributed by atoms with van der Waals surface area (Å²) in [7, 11) is 0. The Morgan fingerprint density at radius 3 is 2.69 bits per heavy atom. The van der Waals surface area contributed by atoms with Gasteiger partial charge in [0.05, 0.1) is 6.54 Å². The number of alkyl halides is 1. The van der Waals surface area contributed by atoms with Crippen molar-refractivity contribution < 1.29 is 4.57 Å². The summed E-state index contributed by atoms with van der Waals surface area (Å²) in [6.07, 6.45) is 2.00. The van der Waals surface area contributed by atoms with Gasteiger partial charge in [-0.05, 0) is 24.9 Å². The molecule has 2 aromatic rings. The highest BCUT2D eigenvalue weighted by molar-refractivity contribution is 9.08. The van der Waals surface area contributed by atoms with Crippen LogP contribution in [0.1, 0.15) is 6.92 Å². The third-order valence-corrected chi connectivity index (χ3v) is 1.93. The highest BCUT2D eigenvalue weighted by atomic mass is 79.9. The smallest absolute Gasteiger partial charge is 0.242 e. The molecule has 0 unspecified atom stereocenters. The molecule has 2 nitrogen and oxygen atoms in total. The van der Waals surface area contributed by atoms with Gasteiger partial charge in [-0.15, -0.1) is 0 Å². The lowest BCUT2D eigenvalue weighted by Gasteiger charge is -1.88. The molecule has 3 heteroatoms. The topological polar surface area (TPSA) is 19.7 Å². The van der Waals surface area contributed by atoms with E-state index < -0.39 is 0 Å². The van der Waals surface area contributed by atoms with Gasteiger partial charge in [-0.25, -0.2) is 9.55 Å². The van der Waals surface area contributed by atoms with E-state index in [0.29, 0.717) is 0 Å². The Balaban J connectivity index is 0.000000396. The quantitative estimate of drug-likeness (QED) is 0.585. The number of rotatable bonds is 1. The number of H-pyrrole nitrogens is 1. The van der Waals surface area contributed by atoms with Crippen molar-refractivity contribution in [2.24, 2.45) is 0 Å². The van der Waals surface area contributed by atoms with E-state index in [1.807, 2.05) is 18.2 Å². The molecule has 0 aliphatic carbocycles. The zero-order valence-electron chi connectivity index (χ0n) is 7.92. The van der Waals surface area contributed by atoms with Gasteiger partial charge in [-0.3, -0.25) is 0 Å². The van der Waals surface area contributed by atoms with E-state index >= 15 is 0 Å². The van der Waals surface area contributed by atoms with Crippen LogP contribution in [0.2, 0.25) is 0 Å². The summed E-state index contributed by atoms with van der Waals surface area (Å²) < 4.78 is 2.19. The molecular formula is C10H14BrN2+. The molecule has 0 radical (unpaired) electrons. The standard InChI is InChI=1S/C9H10N2.CH3Br/c1-2-11-7-10-8-5-3-4-6-9(8)11;1-2/h3-7H,2H2,1H3;1H3/p+1. The second-order valence-corrected chi connectivity index (χ2v) is 2.58. The lowest BCUT2D eigenvalue weighted by Crippen LogP contribution is -2.29. The summed E-state index contributed by atoms with van der Waals surface area (Å²) in [5.74, 6) is 1.81. The largest absolute Gasteiger partial charge is 0.243 e. The molecular weight excluding hydrogens is 228 g/mol. The fourth-order valence-corrected chi connectivity index (χ4v) is 1.32. The third kappa shape index (κ3) is 2.10. The molecule has 1 N–H and O–H groups in total. The molecule has 1 aromatic heterocycles. The van der Waals surface area contributed by atoms with Crippen molar-refractivity contribution >= 4 is 27.0 Å². The number of hydrogen-bond donors (Lipinski definition) is 1. The fraction of sp³-hybridized carbons (Fsp3) is 0.300. The molecule has 0 spiro atoms. The monoisotopic (exact) mass is 241 g/mol. The van der Waals surface area contributed by atoms with Gasteiger partial charge in [-0.2, -0.15) is 0 Å². The van der Waals surface area contributed by atoms with Crippen molar-refractivity contribution in [3.63, 3.8) is 0 Å². The summed E-state index contributed by atoms with van der Waals surface area (Å²) in [4.78, 5) is 3.20. The molecule has 2 rings (SSSR count). The first kappa shape index (κ1) is 10.3. The number of imidazole rings is 1. The molecule has 0 aliphatic rings. The number of hydrogen-bond acceptors (Lipinski definition) is 0. The van der Waals surface area contributed by atoms with Crippen LogP contribution in [0.25, 0.3) is 11.0 Å². The van der Waals surface area contributed by atoms with E-state index in [9.17, 15) is 0 Å². The average molecular weight is 242 g/mol. The molecule has 0 amide bonds. The number of halogens is 1. The summed E-state index contributed by atoms with van der Waals surface area (Å²) in [6, 6.07) is 8.30. The Bertz CT molecular complexity index is 368. The number of para-hydroxylation sites is 2. The molecule has 0 atom stereocenters. The van der Waals surface area contributed by atoms with Gasteiger partial charge in [0.15, 0.2) is 11.0 Å². The first-order valence-electron chi connectivity index (χ1n) is 4.25. The van der Waals surface area contributed by atoms with Gasteiger partial charge in [0.2, 0.25) is 6.33 Å². The van der Waals surface area contributed by atoms with Gasteiger partial charge < -0.3 is 0 Å². The van der Waals surface area contributed by atoms with Crippen LogP contribution in [0.15, 0.2) is 30.6 Å². The van der Waals surface area contributed by atoms with Crippen LogP contribution in [0.4, 0.5) is 0 Å². The molecule has 70 valence electrons. The van der Waals surface area contributed by atoms with Crippen molar-refractivity contribution in [2.45, 2.75) is 13.5 Å². The minimum Gasteiger partial charge on any atom is -0.243 e. The summed E-state index contributed by atoms with van der Waals surface area (Å²) in [5.41, 5.74) is 2.48. The maximum Gasteiger partial charge on any atom is 0.242 e. The van der Waals surface area contributed by atoms with E-state index in [4.69, 9.17) is 0 Å². The molecule has 1 heterocycles. The SMILES string of the molecule is CBr.CC[n+]1c[nH]c2ccccc21. The van der Waals surface area contributed by atoms with Gasteiger partial charge in [0.25, 0.3) is 0 Å². The minimum absolute atomic E-state index is 1.02. The van der Waals surface area contributed by atoms with E-state index in [1.165, 1.54) is 11.0 Å². The second-order valence-electron chi connectivity index (χ2n) is 2.58. The predicted molar refractivity (Wildman–Crippen MR) is 59.0 cm³/mol. The van der Waals surface area contributed by atoms with Crippen LogP contribution in [-0.2, 0) is 6.54 Å². The Hall–Kier alpha value is -0.830. The van der Waals surface area contributed by atoms with Crippen LogP contribution >= 0.6 is 15.9 Å². The second kappa shape index (κ2) is 5.02. The van der Waals surface area contributed by atoms with Gasteiger partial charge in [0, 0.05) is 0 Å². The number of nitrogens with one attached hydrogen (secondary N) is 1. The third-order valence-electron chi connectivity index (χ3n) is 1.93. The van der Waals surface area contributed by atoms with Gasteiger partial charge in [-0.1, -0.05) is 28.1 Å². The van der Waals surface area contributed by atoms with E-state index in [1.54, 1.807) is 0 Å². The molecule has 0 bridgehead atoms. The molecule has 13 heavy (non-hydrogen) atoms. The highest BCUT2D eigenvalue weighted by Gasteiger charge is 2.04. The van der Waals surface area contributed by atoms with Crippen molar-refractivity contribution in [1.82, 2.24) is 4.98 Å². The zero-order chi connectivity index (χ0) is 9.68. The van der Waals surface area contributed by atoms with Crippen LogP contribution < -0.4 is 4.57 Å². The maximum atomic E-state index is 3.20. The van der Waals surface area contributed by atoms with Crippen molar-refractivity contribution in [3.8, 4) is 0 Å². The van der Waals surface area contributed by atoms with Crippen LogP contribution in [0, 0.1) is 0 Å². The molecule has 0 aliphatic heterocycles. The molecule has 1 aromatic carbocycles. The van der Waals surface area contributed by atoms with Gasteiger partial charge >= 0.3 is 0 Å². The lowest BCUT2D eigenvalue weighted by atomic mass is 10.3. The first-order chi connectivity index (χ1) is 6.42. The predicted octanol–water partition coefficient (Wildman–Crippen LogP) is 2.49. The highest BCUT2D eigenvalue weighted by Crippen LogP contribution is 2.04. The van der Waals surface area contributed by atoms with E-state index in [2.05, 4.69) is 50.6 Å². The number of benzene rings is 1. The summed E-state index contributed by atoms with van der Waals surface area (Å²) in [5, 5.41) is 0. The average Bonchev–Trinajstić information content (AvgIpc) is 2.64. The number of aromatic amines is 1. The number of aromatic nitrogens is 2. The van der Waals surface area contributed by atoms with Gasteiger partial charge in [0.1, 0.15) is 0 Å². The molecule has 0 saturated carbocycles. The summed E-state index contributed by atoms with van der Waals surface area (Å²) >= 11 is 2.94. The Kier molecular flexibility index (Phi) is 3.96. The Labute approximate surface area is 86.7 Å². The molecule has 0 saturated heterocycles. The van der Waals surface area contributed by atoms with Crippen LogP contribution in [0.3, 0.4) is 0 Å². The fourth-order valence-electron chi connectivity index (χ4n) is 1.32. The Morgan fingerprint density at radius 1 is 1.31 bits per heavy atom. The minimum atomic E-state index is 1.02. The van der Waals surface area contributed by atoms with Crippen molar-refractivity contribution in [2.75, 3.05) is 5.83 Å². The first-order valence-corrected chi connectivity index (χ1v) is 5.84. The van der Waals surface area contributed by atoms with Crippen molar-refractivity contribution in [1.29, 1.82) is 0 Å². The van der Waals surface area contributed by atoms with Crippen molar-refractivity contribution in [3.05, 3.63) is 30.6 Å². The van der Waals surface area contributed by atoms with E-state index in [0.717, 1.165) is 6.54 Å². The molecule has 0 fully saturated rings. The summed E-state index contributed by atoms with van der Waals surface area (Å²) in [6.45, 7) is 3.16. The van der Waals surface area contributed by atoms with Crippen LogP contribution in [0.5, 0.6) is 0 Å². The number of aryl methyl sites for hydroxylation is 1. The maximum absolute atomic E-state index is 3.20.